The summed E-state index contributed by atoms with van der Waals surface area (Å²) in [4.78, 5) is 11.8. The molecule has 21 heavy (non-hydrogen) atoms. The predicted molar refractivity (Wildman–Crippen MR) is 85.9 cm³/mol. The number of benzene rings is 1. The van der Waals surface area contributed by atoms with Crippen molar-refractivity contribution in [1.29, 1.82) is 0 Å². The zero-order chi connectivity index (χ0) is 15.5. The van der Waals surface area contributed by atoms with E-state index >= 15 is 0 Å². The topological polar surface area (TPSA) is 46.5 Å². The highest BCUT2D eigenvalue weighted by Gasteiger charge is 2.06. The Bertz CT molecular complexity index is 464. The summed E-state index contributed by atoms with van der Waals surface area (Å²) in [5.74, 6) is 0.900. The molecule has 1 aromatic rings. The van der Waals surface area contributed by atoms with Crippen molar-refractivity contribution in [1.82, 2.24) is 0 Å². The first-order valence-corrected chi connectivity index (χ1v) is 7.70. The van der Waals surface area contributed by atoms with Gasteiger partial charge in [-0.1, -0.05) is 25.1 Å². The van der Waals surface area contributed by atoms with E-state index in [1.54, 1.807) is 12.1 Å². The number of rotatable bonds is 10. The number of phenolic OH excluding ortho intramolecular Hbond substituents is 1. The summed E-state index contributed by atoms with van der Waals surface area (Å²) < 4.78 is 5.06. The highest BCUT2D eigenvalue weighted by Crippen LogP contribution is 2.26. The average Bonchev–Trinajstić information content (AvgIpc) is 2.50. The Morgan fingerprint density at radius 1 is 1.24 bits per heavy atom. The number of ketones is 1. The molecule has 0 bridgehead atoms. The Balaban J connectivity index is 2.25. The van der Waals surface area contributed by atoms with Gasteiger partial charge in [0.05, 0.1) is 7.11 Å². The number of unbranched alkanes of at least 4 members (excludes halogenated alkanes) is 2. The molecule has 0 fully saturated rings. The van der Waals surface area contributed by atoms with Crippen LogP contribution in [0.4, 0.5) is 0 Å². The Hall–Kier alpha value is -1.77. The molecule has 0 saturated carbocycles. The van der Waals surface area contributed by atoms with Gasteiger partial charge in [0, 0.05) is 12.8 Å². The van der Waals surface area contributed by atoms with Crippen molar-refractivity contribution in [2.24, 2.45) is 0 Å². The maximum Gasteiger partial charge on any atom is 0.160 e. The molecule has 0 saturated heterocycles. The van der Waals surface area contributed by atoms with Crippen molar-refractivity contribution in [3.8, 4) is 11.5 Å². The second-order valence-electron chi connectivity index (χ2n) is 5.17. The molecule has 0 amide bonds. The first-order chi connectivity index (χ1) is 10.2. The first-order valence-electron chi connectivity index (χ1n) is 7.70. The van der Waals surface area contributed by atoms with Crippen LogP contribution < -0.4 is 4.74 Å². The van der Waals surface area contributed by atoms with Crippen LogP contribution in [0.15, 0.2) is 30.4 Å². The molecule has 0 atom stereocenters. The van der Waals surface area contributed by atoms with Crippen molar-refractivity contribution in [3.63, 3.8) is 0 Å². The molecule has 0 aliphatic carbocycles. The number of ether oxygens (including phenoxy) is 1. The lowest BCUT2D eigenvalue weighted by atomic mass is 10.0. The minimum absolute atomic E-state index is 0.132. The second-order valence-corrected chi connectivity index (χ2v) is 5.17. The van der Waals surface area contributed by atoms with E-state index in [2.05, 4.69) is 19.1 Å². The van der Waals surface area contributed by atoms with Crippen molar-refractivity contribution < 1.29 is 14.6 Å². The van der Waals surface area contributed by atoms with Gasteiger partial charge in [-0.05, 0) is 49.8 Å². The predicted octanol–water partition coefficient (Wildman–Crippen LogP) is 4.43. The molecule has 1 aromatic carbocycles. The highest BCUT2D eigenvalue weighted by atomic mass is 16.5. The first kappa shape index (κ1) is 17.3. The zero-order valence-corrected chi connectivity index (χ0v) is 13.1. The van der Waals surface area contributed by atoms with Crippen LogP contribution in [0, 0.1) is 0 Å². The Kier molecular flexibility index (Phi) is 8.25. The number of aryl methyl sites for hydroxylation is 1. The van der Waals surface area contributed by atoms with E-state index in [9.17, 15) is 9.90 Å². The van der Waals surface area contributed by atoms with E-state index in [0.29, 0.717) is 30.8 Å². The molecule has 3 nitrogen and oxygen atoms in total. The van der Waals surface area contributed by atoms with Gasteiger partial charge in [-0.2, -0.15) is 0 Å². The number of phenols is 1. The van der Waals surface area contributed by atoms with Crippen LogP contribution in [0.2, 0.25) is 0 Å². The van der Waals surface area contributed by atoms with E-state index in [-0.39, 0.29) is 5.75 Å². The summed E-state index contributed by atoms with van der Waals surface area (Å²) in [6.07, 6.45) is 10.5. The molecule has 116 valence electrons. The number of aromatic hydroxyl groups is 1. The van der Waals surface area contributed by atoms with Crippen molar-refractivity contribution in [2.75, 3.05) is 7.11 Å². The van der Waals surface area contributed by atoms with Crippen molar-refractivity contribution in [3.05, 3.63) is 35.9 Å². The maximum absolute atomic E-state index is 11.8. The zero-order valence-electron chi connectivity index (χ0n) is 13.1. The SMILES string of the molecule is CC/C=C/CCCCC(=O)CCc1ccc(O)c(OC)c1. The van der Waals surface area contributed by atoms with Crippen molar-refractivity contribution in [2.45, 2.75) is 51.9 Å². The van der Waals surface area contributed by atoms with E-state index in [1.807, 2.05) is 6.07 Å². The summed E-state index contributed by atoms with van der Waals surface area (Å²) in [5, 5.41) is 9.52. The molecule has 0 radical (unpaired) electrons. The largest absolute Gasteiger partial charge is 0.504 e. The van der Waals surface area contributed by atoms with Crippen LogP contribution in [0.5, 0.6) is 11.5 Å². The average molecular weight is 290 g/mol. The second kappa shape index (κ2) is 10.0. The van der Waals surface area contributed by atoms with Gasteiger partial charge < -0.3 is 9.84 Å². The van der Waals surface area contributed by atoms with Gasteiger partial charge >= 0.3 is 0 Å². The summed E-state index contributed by atoms with van der Waals surface area (Å²) in [6, 6.07) is 5.23. The fraction of sp³-hybridized carbons (Fsp3) is 0.500. The summed E-state index contributed by atoms with van der Waals surface area (Å²) in [7, 11) is 1.52. The molecule has 0 aromatic heterocycles. The Labute approximate surface area is 127 Å². The van der Waals surface area contributed by atoms with E-state index in [1.165, 1.54) is 7.11 Å². The van der Waals surface area contributed by atoms with Crippen LogP contribution in [0.1, 0.15) is 51.0 Å². The van der Waals surface area contributed by atoms with Crippen LogP contribution in [-0.4, -0.2) is 18.0 Å². The molecule has 0 aliphatic rings. The van der Waals surface area contributed by atoms with Crippen LogP contribution in [-0.2, 0) is 11.2 Å². The summed E-state index contributed by atoms with van der Waals surface area (Å²) in [5.41, 5.74) is 1.02. The molecule has 0 heterocycles. The van der Waals surface area contributed by atoms with E-state index in [0.717, 1.165) is 31.2 Å². The lowest BCUT2D eigenvalue weighted by Gasteiger charge is -2.06. The van der Waals surface area contributed by atoms with Gasteiger partial charge in [0.25, 0.3) is 0 Å². The standard InChI is InChI=1S/C18H26O3/c1-3-4-5-6-7-8-9-16(19)12-10-15-11-13-17(20)18(14-15)21-2/h4-5,11,13-14,20H,3,6-10,12H2,1-2H3/b5-4+. The van der Waals surface area contributed by atoms with Gasteiger partial charge in [-0.3, -0.25) is 4.79 Å². The number of hydrogen-bond donors (Lipinski definition) is 1. The van der Waals surface area contributed by atoms with Gasteiger partial charge in [0.1, 0.15) is 5.78 Å². The monoisotopic (exact) mass is 290 g/mol. The molecular formula is C18H26O3. The Morgan fingerprint density at radius 2 is 2.05 bits per heavy atom. The fourth-order valence-corrected chi connectivity index (χ4v) is 2.16. The third kappa shape index (κ3) is 6.98. The van der Waals surface area contributed by atoms with E-state index in [4.69, 9.17) is 4.74 Å². The van der Waals surface area contributed by atoms with E-state index < -0.39 is 0 Å². The fourth-order valence-electron chi connectivity index (χ4n) is 2.16. The number of hydrogen-bond acceptors (Lipinski definition) is 3. The minimum atomic E-state index is 0.132. The number of carbonyl (C=O) groups excluding carboxylic acids is 1. The molecule has 0 unspecified atom stereocenters. The van der Waals surface area contributed by atoms with Crippen LogP contribution in [0.25, 0.3) is 0 Å². The molecule has 0 aliphatic heterocycles. The lowest BCUT2D eigenvalue weighted by molar-refractivity contribution is -0.119. The van der Waals surface area contributed by atoms with Crippen LogP contribution in [0.3, 0.4) is 0 Å². The smallest absolute Gasteiger partial charge is 0.160 e. The third-order valence-electron chi connectivity index (χ3n) is 3.42. The van der Waals surface area contributed by atoms with Crippen molar-refractivity contribution >= 4 is 5.78 Å². The number of carbonyl (C=O) groups is 1. The minimum Gasteiger partial charge on any atom is -0.504 e. The van der Waals surface area contributed by atoms with Gasteiger partial charge in [-0.15, -0.1) is 0 Å². The number of methoxy groups -OCH3 is 1. The summed E-state index contributed by atoms with van der Waals surface area (Å²) in [6.45, 7) is 2.12. The maximum atomic E-state index is 11.8. The third-order valence-corrected chi connectivity index (χ3v) is 3.42. The molecule has 1 rings (SSSR count). The Morgan fingerprint density at radius 3 is 2.76 bits per heavy atom. The lowest BCUT2D eigenvalue weighted by Crippen LogP contribution is -2.00. The number of Topliss-reactive ketones (excluding diaryl/α,β-unsaturated/α-hetero) is 1. The summed E-state index contributed by atoms with van der Waals surface area (Å²) >= 11 is 0. The van der Waals surface area contributed by atoms with Gasteiger partial charge in [0.2, 0.25) is 0 Å². The molecule has 0 spiro atoms. The van der Waals surface area contributed by atoms with Crippen LogP contribution >= 0.6 is 0 Å². The number of allylic oxidation sites excluding steroid dienone is 2. The van der Waals surface area contributed by atoms with Gasteiger partial charge in [-0.25, -0.2) is 0 Å². The quantitative estimate of drug-likeness (QED) is 0.512. The molecule has 1 N–H and O–H groups in total. The normalized spacial score (nSPS) is 11.0. The highest BCUT2D eigenvalue weighted by molar-refractivity contribution is 5.78. The van der Waals surface area contributed by atoms with Gasteiger partial charge in [0.15, 0.2) is 11.5 Å². The molecular weight excluding hydrogens is 264 g/mol. The molecule has 3 heteroatoms.